The van der Waals surface area contributed by atoms with Gasteiger partial charge < -0.3 is 10.2 Å². The summed E-state index contributed by atoms with van der Waals surface area (Å²) in [4.78, 5) is 2.13. The summed E-state index contributed by atoms with van der Waals surface area (Å²) in [6.07, 6.45) is -0.791. The number of aliphatic hydroxyl groups is 2. The first-order chi connectivity index (χ1) is 9.93. The molecule has 1 atom stereocenters. The van der Waals surface area contributed by atoms with E-state index in [-0.39, 0.29) is 11.5 Å². The summed E-state index contributed by atoms with van der Waals surface area (Å²) in [5, 5.41) is 18.6. The molecule has 0 aliphatic carbocycles. The van der Waals surface area contributed by atoms with Gasteiger partial charge in [-0.05, 0) is 18.2 Å². The lowest BCUT2D eigenvalue weighted by Crippen LogP contribution is -2.50. The van der Waals surface area contributed by atoms with Gasteiger partial charge in [-0.25, -0.2) is 8.42 Å². The van der Waals surface area contributed by atoms with Crippen LogP contribution in [0.1, 0.15) is 0 Å². The smallest absolute Gasteiger partial charge is 0.243 e. The highest BCUT2D eigenvalue weighted by atomic mass is 35.5. The molecular weight excluding hydrogens is 316 g/mol. The van der Waals surface area contributed by atoms with E-state index in [0.29, 0.717) is 37.7 Å². The van der Waals surface area contributed by atoms with E-state index in [1.54, 1.807) is 12.1 Å². The number of hydrogen-bond acceptors (Lipinski definition) is 5. The first-order valence-electron chi connectivity index (χ1n) is 6.70. The minimum absolute atomic E-state index is 0.193. The van der Waals surface area contributed by atoms with Crippen molar-refractivity contribution in [1.82, 2.24) is 9.21 Å². The number of β-amino-alcohol motifs (C(OH)–C–C–N with tert-alkyl or cyclic N) is 1. The second kappa shape index (κ2) is 7.04. The Morgan fingerprint density at radius 2 is 1.90 bits per heavy atom. The van der Waals surface area contributed by atoms with Crippen molar-refractivity contribution in [3.8, 4) is 0 Å². The SMILES string of the molecule is O=S(=O)(c1cccc(Cl)c1)N1CCN(CC(O)CO)CC1. The average Bonchev–Trinajstić information content (AvgIpc) is 2.47. The molecule has 1 saturated heterocycles. The van der Waals surface area contributed by atoms with Crippen molar-refractivity contribution >= 4 is 21.6 Å². The fraction of sp³-hybridized carbons (Fsp3) is 0.538. The highest BCUT2D eigenvalue weighted by molar-refractivity contribution is 7.89. The maximum atomic E-state index is 12.5. The fourth-order valence-corrected chi connectivity index (χ4v) is 4.01. The number of sulfonamides is 1. The van der Waals surface area contributed by atoms with Crippen molar-refractivity contribution < 1.29 is 18.6 Å². The number of halogens is 1. The van der Waals surface area contributed by atoms with Gasteiger partial charge in [0.05, 0.1) is 17.6 Å². The lowest BCUT2D eigenvalue weighted by atomic mass is 10.3. The number of nitrogens with zero attached hydrogens (tertiary/aromatic N) is 2. The topological polar surface area (TPSA) is 81.1 Å². The van der Waals surface area contributed by atoms with Crippen molar-refractivity contribution in [2.24, 2.45) is 0 Å². The van der Waals surface area contributed by atoms with Crippen LogP contribution in [-0.2, 0) is 10.0 Å². The van der Waals surface area contributed by atoms with Crippen molar-refractivity contribution in [2.75, 3.05) is 39.3 Å². The van der Waals surface area contributed by atoms with Crippen LogP contribution in [0.15, 0.2) is 29.2 Å². The molecule has 1 aromatic carbocycles. The highest BCUT2D eigenvalue weighted by Gasteiger charge is 2.29. The molecule has 2 N–H and O–H groups in total. The van der Waals surface area contributed by atoms with Gasteiger partial charge in [-0.1, -0.05) is 17.7 Å². The minimum atomic E-state index is -3.53. The molecule has 118 valence electrons. The molecule has 1 heterocycles. The lowest BCUT2D eigenvalue weighted by Gasteiger charge is -2.34. The summed E-state index contributed by atoms with van der Waals surface area (Å²) >= 11 is 5.84. The Balaban J connectivity index is 2.01. The molecule has 0 bridgehead atoms. The van der Waals surface area contributed by atoms with Crippen LogP contribution in [0.25, 0.3) is 0 Å². The van der Waals surface area contributed by atoms with E-state index in [2.05, 4.69) is 0 Å². The van der Waals surface area contributed by atoms with Gasteiger partial charge >= 0.3 is 0 Å². The highest BCUT2D eigenvalue weighted by Crippen LogP contribution is 2.20. The number of hydrogen-bond donors (Lipinski definition) is 2. The van der Waals surface area contributed by atoms with E-state index in [0.717, 1.165) is 0 Å². The van der Waals surface area contributed by atoms with E-state index in [1.165, 1.54) is 16.4 Å². The van der Waals surface area contributed by atoms with Crippen molar-refractivity contribution in [2.45, 2.75) is 11.0 Å². The zero-order valence-corrected chi connectivity index (χ0v) is 13.1. The Morgan fingerprint density at radius 1 is 1.24 bits per heavy atom. The molecule has 1 aromatic rings. The van der Waals surface area contributed by atoms with Crippen molar-refractivity contribution in [1.29, 1.82) is 0 Å². The third kappa shape index (κ3) is 4.15. The molecule has 1 unspecified atom stereocenters. The minimum Gasteiger partial charge on any atom is -0.394 e. The van der Waals surface area contributed by atoms with E-state index in [1.807, 2.05) is 4.90 Å². The number of aliphatic hydroxyl groups excluding tert-OH is 2. The molecule has 1 fully saturated rings. The summed E-state index contributed by atoms with van der Waals surface area (Å²) in [7, 11) is -3.53. The molecular formula is C13H19ClN2O4S. The van der Waals surface area contributed by atoms with E-state index < -0.39 is 16.1 Å². The van der Waals surface area contributed by atoms with Gasteiger partial charge in [-0.3, -0.25) is 4.90 Å². The Hall–Kier alpha value is -0.700. The normalized spacial score (nSPS) is 19.6. The lowest BCUT2D eigenvalue weighted by molar-refractivity contribution is 0.0491. The molecule has 0 spiro atoms. The Morgan fingerprint density at radius 3 is 2.48 bits per heavy atom. The molecule has 0 radical (unpaired) electrons. The Kier molecular flexibility index (Phi) is 5.59. The van der Waals surface area contributed by atoms with Gasteiger partial charge in [0.1, 0.15) is 0 Å². The van der Waals surface area contributed by atoms with Crippen LogP contribution in [0.4, 0.5) is 0 Å². The first kappa shape index (κ1) is 16.7. The molecule has 0 amide bonds. The zero-order chi connectivity index (χ0) is 15.5. The zero-order valence-electron chi connectivity index (χ0n) is 11.5. The van der Waals surface area contributed by atoms with Crippen LogP contribution in [0, 0.1) is 0 Å². The quantitative estimate of drug-likeness (QED) is 0.792. The summed E-state index contributed by atoms with van der Waals surface area (Å²) in [5.41, 5.74) is 0. The van der Waals surface area contributed by atoms with Crippen LogP contribution >= 0.6 is 11.6 Å². The van der Waals surface area contributed by atoms with E-state index in [9.17, 15) is 13.5 Å². The summed E-state index contributed by atoms with van der Waals surface area (Å²) in [6, 6.07) is 6.22. The van der Waals surface area contributed by atoms with E-state index >= 15 is 0 Å². The van der Waals surface area contributed by atoms with Gasteiger partial charge in [-0.15, -0.1) is 0 Å². The van der Waals surface area contributed by atoms with Gasteiger partial charge in [-0.2, -0.15) is 4.31 Å². The van der Waals surface area contributed by atoms with Gasteiger partial charge in [0.2, 0.25) is 10.0 Å². The maximum absolute atomic E-state index is 12.5. The van der Waals surface area contributed by atoms with E-state index in [4.69, 9.17) is 16.7 Å². The summed E-state index contributed by atoms with van der Waals surface area (Å²) in [6.45, 7) is 1.82. The Bertz CT molecular complexity index is 573. The van der Waals surface area contributed by atoms with Crippen molar-refractivity contribution in [3.63, 3.8) is 0 Å². The standard InChI is InChI=1S/C13H19ClN2O4S/c14-11-2-1-3-13(8-11)21(19,20)16-6-4-15(5-7-16)9-12(18)10-17/h1-3,8,12,17-18H,4-7,9-10H2. The number of rotatable bonds is 5. The van der Waals surface area contributed by atoms with Crippen LogP contribution in [0.2, 0.25) is 5.02 Å². The second-order valence-corrected chi connectivity index (χ2v) is 7.37. The molecule has 21 heavy (non-hydrogen) atoms. The molecule has 1 aliphatic heterocycles. The largest absolute Gasteiger partial charge is 0.394 e. The molecule has 2 rings (SSSR count). The van der Waals surface area contributed by atoms with Crippen LogP contribution in [-0.4, -0.2) is 73.3 Å². The maximum Gasteiger partial charge on any atom is 0.243 e. The number of piperazine rings is 1. The third-order valence-electron chi connectivity index (χ3n) is 3.44. The first-order valence-corrected chi connectivity index (χ1v) is 8.52. The summed E-state index contributed by atoms with van der Waals surface area (Å²) in [5.74, 6) is 0. The molecule has 0 saturated carbocycles. The fourth-order valence-electron chi connectivity index (χ4n) is 2.28. The van der Waals surface area contributed by atoms with Gasteiger partial charge in [0.25, 0.3) is 0 Å². The average molecular weight is 335 g/mol. The predicted molar refractivity (Wildman–Crippen MR) is 79.7 cm³/mol. The third-order valence-corrected chi connectivity index (χ3v) is 5.57. The van der Waals surface area contributed by atoms with Crippen LogP contribution in [0.3, 0.4) is 0 Å². The molecule has 0 aromatic heterocycles. The predicted octanol–water partition coefficient (Wildman–Crippen LogP) is -0.000500. The summed E-state index contributed by atoms with van der Waals surface area (Å²) < 4.78 is 26.4. The van der Waals surface area contributed by atoms with Gasteiger partial charge in [0.15, 0.2) is 0 Å². The Labute approximate surface area is 129 Å². The molecule has 1 aliphatic rings. The number of benzene rings is 1. The molecule has 8 heteroatoms. The van der Waals surface area contributed by atoms with Crippen molar-refractivity contribution in [3.05, 3.63) is 29.3 Å². The van der Waals surface area contributed by atoms with Gasteiger partial charge in [0, 0.05) is 37.7 Å². The molecule has 6 nitrogen and oxygen atoms in total. The van der Waals surface area contributed by atoms with Crippen LogP contribution < -0.4 is 0 Å². The van der Waals surface area contributed by atoms with Crippen LogP contribution in [0.5, 0.6) is 0 Å². The second-order valence-electron chi connectivity index (χ2n) is 5.00. The monoisotopic (exact) mass is 334 g/mol.